The first kappa shape index (κ1) is 30.0. The first-order chi connectivity index (χ1) is 22.2. The van der Waals surface area contributed by atoms with E-state index < -0.39 is 11.8 Å². The minimum absolute atomic E-state index is 0.0189. The molecule has 4 aromatic rings. The summed E-state index contributed by atoms with van der Waals surface area (Å²) < 4.78 is 7.05. The number of carbonyl (C=O) groups excluding carboxylic acids is 3. The number of ether oxygens (including phenoxy) is 1. The fraction of sp³-hybridized carbons (Fsp3) is 0.294. The van der Waals surface area contributed by atoms with Crippen LogP contribution in [-0.4, -0.2) is 34.6 Å². The SMILES string of the molecule is Cc1ccccc1NC(=O)COc1ccc(Br)cc1[C@H]1c2sc(=O)[nH]c2SC2C3CC(C4C(=O)N(c5ccc(Cl)cc5)C(=O)C34)C21. The molecule has 2 saturated carbocycles. The molecule has 1 aromatic heterocycles. The molecule has 0 radical (unpaired) electrons. The molecule has 2 bridgehead atoms. The molecule has 12 heteroatoms. The molecule has 3 aromatic carbocycles. The normalized spacial score (nSPS) is 27.4. The van der Waals surface area contributed by atoms with Crippen LogP contribution in [0.15, 0.2) is 81.0 Å². The van der Waals surface area contributed by atoms with Crippen LogP contribution in [0.5, 0.6) is 5.75 Å². The molecule has 2 aliphatic carbocycles. The second-order valence-corrected chi connectivity index (χ2v) is 15.8. The lowest BCUT2D eigenvalue weighted by Gasteiger charge is -2.43. The summed E-state index contributed by atoms with van der Waals surface area (Å²) in [5, 5.41) is 4.28. The fourth-order valence-electron chi connectivity index (χ4n) is 8.15. The first-order valence-electron chi connectivity index (χ1n) is 15.0. The topological polar surface area (TPSA) is 109 Å². The van der Waals surface area contributed by atoms with Gasteiger partial charge in [-0.1, -0.05) is 57.1 Å². The Kier molecular flexibility index (Phi) is 7.43. The molecule has 1 saturated heterocycles. The van der Waals surface area contributed by atoms with Crippen molar-refractivity contribution >= 4 is 79.7 Å². The standard InChI is InChI=1S/C34H27BrClN3O5S2/c1-15-4-2-3-5-22(15)37-24(40)14-44-23-11-6-16(35)12-19(23)25-26-20-13-21(29(26)45-31-30(25)46-34(43)38-31)28-27(20)32(41)39(33(28)42)18-9-7-17(36)8-10-18/h2-12,20-21,25-29H,13-14H2,1H3,(H,37,40)(H,38,43)/t20?,21?,25-,26?,27?,28?,29?/m1/s1. The van der Waals surface area contributed by atoms with Gasteiger partial charge in [0.15, 0.2) is 6.61 Å². The number of H-pyrrole nitrogens is 1. The number of amides is 3. The van der Waals surface area contributed by atoms with Crippen LogP contribution in [0.3, 0.4) is 0 Å². The van der Waals surface area contributed by atoms with E-state index in [0.717, 1.165) is 37.6 Å². The predicted molar refractivity (Wildman–Crippen MR) is 182 cm³/mol. The van der Waals surface area contributed by atoms with Gasteiger partial charge in [-0.2, -0.15) is 0 Å². The molecule has 7 atom stereocenters. The van der Waals surface area contributed by atoms with E-state index in [4.69, 9.17) is 16.3 Å². The number of rotatable bonds is 6. The number of aryl methyl sites for hydroxylation is 1. The van der Waals surface area contributed by atoms with Crippen LogP contribution in [0, 0.1) is 36.5 Å². The Bertz CT molecular complexity index is 1980. The van der Waals surface area contributed by atoms with Gasteiger partial charge in [0, 0.05) is 36.8 Å². The van der Waals surface area contributed by atoms with Crippen molar-refractivity contribution in [3.05, 3.63) is 102 Å². The Morgan fingerprint density at radius 3 is 2.54 bits per heavy atom. The van der Waals surface area contributed by atoms with Crippen molar-refractivity contribution in [1.82, 2.24) is 4.98 Å². The maximum absolute atomic E-state index is 14.0. The summed E-state index contributed by atoms with van der Waals surface area (Å²) >= 11 is 12.5. The molecular formula is C34H27BrClN3O5S2. The van der Waals surface area contributed by atoms with E-state index in [1.807, 2.05) is 49.4 Å². The van der Waals surface area contributed by atoms with E-state index in [1.165, 1.54) is 16.2 Å². The third-order valence-electron chi connectivity index (χ3n) is 9.89. The lowest BCUT2D eigenvalue weighted by Crippen LogP contribution is -2.42. The summed E-state index contributed by atoms with van der Waals surface area (Å²) in [5.74, 6) is -1.27. The van der Waals surface area contributed by atoms with Gasteiger partial charge in [0.1, 0.15) is 5.75 Å². The van der Waals surface area contributed by atoms with E-state index in [1.54, 1.807) is 36.0 Å². The van der Waals surface area contributed by atoms with Gasteiger partial charge in [0.25, 0.3) is 5.91 Å². The summed E-state index contributed by atoms with van der Waals surface area (Å²) in [6.45, 7) is 1.73. The van der Waals surface area contributed by atoms with Crippen molar-refractivity contribution < 1.29 is 19.1 Å². The lowest BCUT2D eigenvalue weighted by molar-refractivity contribution is -0.123. The van der Waals surface area contributed by atoms with E-state index >= 15 is 0 Å². The number of carbonyl (C=O) groups is 3. The smallest absolute Gasteiger partial charge is 0.305 e. The summed E-state index contributed by atoms with van der Waals surface area (Å²) in [6.07, 6.45) is 0.766. The minimum atomic E-state index is -0.439. The molecule has 2 aliphatic heterocycles. The molecule has 234 valence electrons. The number of aromatic amines is 1. The zero-order valence-corrected chi connectivity index (χ0v) is 28.3. The zero-order valence-electron chi connectivity index (χ0n) is 24.4. The van der Waals surface area contributed by atoms with Crippen molar-refractivity contribution in [3.63, 3.8) is 0 Å². The molecule has 2 N–H and O–H groups in total. The van der Waals surface area contributed by atoms with Crippen LogP contribution >= 0.6 is 50.6 Å². The minimum Gasteiger partial charge on any atom is -0.483 e. The molecule has 3 fully saturated rings. The number of thiazole rings is 1. The number of imide groups is 1. The van der Waals surface area contributed by atoms with Crippen LogP contribution in [-0.2, 0) is 14.4 Å². The number of hydrogen-bond donors (Lipinski definition) is 2. The third kappa shape index (κ3) is 4.77. The number of aromatic nitrogens is 1. The first-order valence-corrected chi connectivity index (χ1v) is 17.9. The van der Waals surface area contributed by atoms with Gasteiger partial charge in [-0.05, 0) is 85.2 Å². The van der Waals surface area contributed by atoms with Crippen molar-refractivity contribution in [2.24, 2.45) is 29.6 Å². The number of benzene rings is 3. The number of hydrogen-bond acceptors (Lipinski definition) is 7. The van der Waals surface area contributed by atoms with Crippen molar-refractivity contribution in [2.75, 3.05) is 16.8 Å². The maximum Gasteiger partial charge on any atom is 0.305 e. The van der Waals surface area contributed by atoms with Gasteiger partial charge < -0.3 is 15.0 Å². The maximum atomic E-state index is 14.0. The molecule has 8 nitrogen and oxygen atoms in total. The van der Waals surface area contributed by atoms with Gasteiger partial charge >= 0.3 is 4.87 Å². The number of nitrogens with one attached hydrogen (secondary N) is 2. The number of nitrogens with zero attached hydrogens (tertiary/aromatic N) is 1. The van der Waals surface area contributed by atoms with Crippen molar-refractivity contribution in [3.8, 4) is 5.75 Å². The Morgan fingerprint density at radius 2 is 1.78 bits per heavy atom. The summed E-state index contributed by atoms with van der Waals surface area (Å²) in [7, 11) is 0. The quantitative estimate of drug-likeness (QED) is 0.210. The van der Waals surface area contributed by atoms with Crippen molar-refractivity contribution in [2.45, 2.75) is 29.5 Å². The number of anilines is 2. The number of fused-ring (bicyclic) bond motifs is 9. The van der Waals surface area contributed by atoms with Crippen molar-refractivity contribution in [1.29, 1.82) is 0 Å². The highest BCUT2D eigenvalue weighted by atomic mass is 79.9. The third-order valence-corrected chi connectivity index (χ3v) is 13.2. The average molecular weight is 737 g/mol. The van der Waals surface area contributed by atoms with Crippen LogP contribution in [0.2, 0.25) is 5.02 Å². The molecule has 46 heavy (non-hydrogen) atoms. The molecule has 6 unspecified atom stereocenters. The summed E-state index contributed by atoms with van der Waals surface area (Å²) in [4.78, 5) is 58.8. The monoisotopic (exact) mass is 735 g/mol. The Labute approximate surface area is 286 Å². The van der Waals surface area contributed by atoms with E-state index in [0.29, 0.717) is 16.5 Å². The van der Waals surface area contributed by atoms with Gasteiger partial charge in [-0.25, -0.2) is 0 Å². The molecule has 8 rings (SSSR count). The van der Waals surface area contributed by atoms with Gasteiger partial charge in [-0.3, -0.25) is 24.1 Å². The second kappa shape index (κ2) is 11.4. The molecule has 0 spiro atoms. The van der Waals surface area contributed by atoms with Gasteiger partial charge in [-0.15, -0.1) is 11.8 Å². The summed E-state index contributed by atoms with van der Waals surface area (Å²) in [5.41, 5.74) is 3.06. The van der Waals surface area contributed by atoms with E-state index in [-0.39, 0.29) is 58.1 Å². The average Bonchev–Trinajstić information content (AvgIpc) is 3.77. The Hall–Kier alpha value is -3.38. The lowest BCUT2D eigenvalue weighted by atomic mass is 9.68. The van der Waals surface area contributed by atoms with Crippen LogP contribution < -0.4 is 19.8 Å². The fourth-order valence-corrected chi connectivity index (χ4v) is 11.5. The Balaban J connectivity index is 1.15. The van der Waals surface area contributed by atoms with E-state index in [9.17, 15) is 19.2 Å². The number of para-hydroxylation sites is 1. The molecular weight excluding hydrogens is 710 g/mol. The highest BCUT2D eigenvalue weighted by molar-refractivity contribution is 9.10. The highest BCUT2D eigenvalue weighted by Gasteiger charge is 2.69. The van der Waals surface area contributed by atoms with Crippen LogP contribution in [0.1, 0.15) is 28.3 Å². The molecule has 4 aliphatic rings. The number of thioether (sulfide) groups is 1. The van der Waals surface area contributed by atoms with Crippen LogP contribution in [0.4, 0.5) is 11.4 Å². The number of halogens is 2. The highest BCUT2D eigenvalue weighted by Crippen LogP contribution is 2.69. The van der Waals surface area contributed by atoms with E-state index in [2.05, 4.69) is 26.2 Å². The second-order valence-electron chi connectivity index (χ2n) is 12.3. The van der Waals surface area contributed by atoms with Crippen LogP contribution in [0.25, 0.3) is 0 Å². The van der Waals surface area contributed by atoms with Gasteiger partial charge in [0.2, 0.25) is 11.8 Å². The van der Waals surface area contributed by atoms with Gasteiger partial charge in [0.05, 0.1) is 22.5 Å². The largest absolute Gasteiger partial charge is 0.483 e. The molecule has 3 amide bonds. The molecule has 3 heterocycles. The summed E-state index contributed by atoms with van der Waals surface area (Å²) in [6, 6.07) is 20.1. The zero-order chi connectivity index (χ0) is 31.9. The Morgan fingerprint density at radius 1 is 1.04 bits per heavy atom. The predicted octanol–water partition coefficient (Wildman–Crippen LogP) is 6.86.